The van der Waals surface area contributed by atoms with E-state index >= 15 is 0 Å². The second kappa shape index (κ2) is 8.54. The molecule has 0 spiro atoms. The molecule has 1 aliphatic heterocycles. The van der Waals surface area contributed by atoms with Crippen molar-refractivity contribution in [2.45, 2.75) is 33.6 Å². The van der Waals surface area contributed by atoms with Crippen molar-refractivity contribution in [3.05, 3.63) is 41.5 Å². The lowest BCUT2D eigenvalue weighted by molar-refractivity contribution is -0.142. The zero-order chi connectivity index (χ0) is 23.1. The second-order valence-electron chi connectivity index (χ2n) is 9.28. The predicted octanol–water partition coefficient (Wildman–Crippen LogP) is 4.89. The number of nitrogens with one attached hydrogen (secondary N) is 1. The largest absolute Gasteiger partial charge is 0.464 e. The molecule has 0 amide bonds. The summed E-state index contributed by atoms with van der Waals surface area (Å²) in [5.74, 6) is 1.48. The monoisotopic (exact) mass is 447 g/mol. The van der Waals surface area contributed by atoms with E-state index in [0.717, 1.165) is 40.9 Å². The molecule has 2 heterocycles. The predicted molar refractivity (Wildman–Crippen MR) is 128 cm³/mol. The number of nitrogens with zero attached hydrogens (tertiary/aromatic N) is 2. The third kappa shape index (κ3) is 3.75. The Balaban J connectivity index is 1.62. The molecule has 7 nitrogen and oxygen atoms in total. The maximum Gasteiger partial charge on any atom is 0.305 e. The lowest BCUT2D eigenvalue weighted by atomic mass is 9.85. The number of piperidine rings is 1. The quantitative estimate of drug-likeness (QED) is 0.333. The van der Waals surface area contributed by atoms with Crippen LogP contribution in [0.2, 0.25) is 0 Å². The van der Waals surface area contributed by atoms with Crippen LogP contribution in [0.1, 0.15) is 49.5 Å². The van der Waals surface area contributed by atoms with Crippen LogP contribution < -0.4 is 10.2 Å². The molecule has 2 atom stereocenters. The average Bonchev–Trinajstić information content (AvgIpc) is 3.24. The zero-order valence-electron chi connectivity index (χ0n) is 19.3. The van der Waals surface area contributed by atoms with Gasteiger partial charge >= 0.3 is 5.97 Å². The summed E-state index contributed by atoms with van der Waals surface area (Å²) >= 11 is 0. The number of ketones is 1. The number of benzene rings is 2. The van der Waals surface area contributed by atoms with Crippen molar-refractivity contribution in [1.29, 1.82) is 0 Å². The molecule has 1 saturated heterocycles. The van der Waals surface area contributed by atoms with Crippen molar-refractivity contribution in [3.8, 4) is 11.3 Å². The van der Waals surface area contributed by atoms with Gasteiger partial charge in [0.15, 0.2) is 11.5 Å². The molecule has 1 aromatic heterocycles. The van der Waals surface area contributed by atoms with Crippen molar-refractivity contribution in [1.82, 2.24) is 5.16 Å². The van der Waals surface area contributed by atoms with Gasteiger partial charge in [0.2, 0.25) is 0 Å². The number of carbonyl (C=O) groups excluding carboxylic acids is 2. The molecule has 33 heavy (non-hydrogen) atoms. The van der Waals surface area contributed by atoms with E-state index in [2.05, 4.69) is 29.2 Å². The van der Waals surface area contributed by atoms with E-state index in [-0.39, 0.29) is 18.4 Å². The summed E-state index contributed by atoms with van der Waals surface area (Å²) in [6.45, 7) is 8.81. The highest BCUT2D eigenvalue weighted by Crippen LogP contribution is 2.46. The van der Waals surface area contributed by atoms with Gasteiger partial charge in [-0.2, -0.15) is 0 Å². The number of anilines is 2. The van der Waals surface area contributed by atoms with Crippen LogP contribution in [0.3, 0.4) is 0 Å². The SMILES string of the molecule is CCC(=O)OCCNc1cc(N2CC(C)CC(C)C2)c2noc3c2c1C(=O)c1ccccc1-3. The molecule has 2 aliphatic rings. The van der Waals surface area contributed by atoms with Gasteiger partial charge in [-0.15, -0.1) is 0 Å². The molecule has 0 radical (unpaired) electrons. The van der Waals surface area contributed by atoms with E-state index in [4.69, 9.17) is 9.26 Å². The van der Waals surface area contributed by atoms with E-state index in [1.807, 2.05) is 30.3 Å². The number of hydrogen-bond acceptors (Lipinski definition) is 7. The molecule has 1 N–H and O–H groups in total. The normalized spacial score (nSPS) is 19.5. The Kier molecular flexibility index (Phi) is 5.56. The smallest absolute Gasteiger partial charge is 0.305 e. The third-order valence-electron chi connectivity index (χ3n) is 6.56. The first-order valence-electron chi connectivity index (χ1n) is 11.7. The Bertz CT molecular complexity index is 1220. The highest BCUT2D eigenvalue weighted by atomic mass is 16.5. The minimum atomic E-state index is -0.239. The van der Waals surface area contributed by atoms with E-state index in [9.17, 15) is 9.59 Å². The minimum Gasteiger partial charge on any atom is -0.464 e. The minimum absolute atomic E-state index is 0.0497. The van der Waals surface area contributed by atoms with Crippen LogP contribution in [0.25, 0.3) is 22.2 Å². The van der Waals surface area contributed by atoms with Gasteiger partial charge in [0.1, 0.15) is 12.1 Å². The van der Waals surface area contributed by atoms with Crippen LogP contribution >= 0.6 is 0 Å². The summed E-state index contributed by atoms with van der Waals surface area (Å²) < 4.78 is 11.1. The molecule has 1 aliphatic carbocycles. The van der Waals surface area contributed by atoms with E-state index in [0.29, 0.717) is 41.7 Å². The van der Waals surface area contributed by atoms with Gasteiger partial charge in [-0.1, -0.05) is 50.2 Å². The molecule has 172 valence electrons. The number of fused-ring (bicyclic) bond motifs is 2. The number of aromatic nitrogens is 1. The van der Waals surface area contributed by atoms with Gasteiger partial charge in [-0.25, -0.2) is 0 Å². The van der Waals surface area contributed by atoms with Gasteiger partial charge in [0.25, 0.3) is 0 Å². The number of ether oxygens (including phenoxy) is 1. The molecule has 2 unspecified atom stereocenters. The standard InChI is InChI=1S/C26H29N3O4/c1-4-21(30)32-10-9-27-19-12-20(29-13-15(2)11-16(3)14-29)24-23-22(19)25(31)17-7-5-6-8-18(17)26(23)33-28-24/h5-8,12,15-16,27H,4,9-11,13-14H2,1-3H3. The Morgan fingerprint density at radius 2 is 1.94 bits per heavy atom. The summed E-state index contributed by atoms with van der Waals surface area (Å²) in [7, 11) is 0. The molecular weight excluding hydrogens is 418 g/mol. The topological polar surface area (TPSA) is 84.7 Å². The van der Waals surface area contributed by atoms with Gasteiger partial charge in [-0.05, 0) is 24.3 Å². The van der Waals surface area contributed by atoms with Crippen molar-refractivity contribution >= 4 is 34.0 Å². The fourth-order valence-electron chi connectivity index (χ4n) is 5.24. The number of rotatable bonds is 6. The molecule has 0 saturated carbocycles. The zero-order valence-corrected chi connectivity index (χ0v) is 19.3. The molecule has 2 aromatic carbocycles. The van der Waals surface area contributed by atoms with Crippen molar-refractivity contribution < 1.29 is 18.8 Å². The molecular formula is C26H29N3O4. The number of esters is 1. The first-order valence-corrected chi connectivity index (χ1v) is 11.7. The Labute approximate surface area is 193 Å². The van der Waals surface area contributed by atoms with Crippen LogP contribution in [-0.2, 0) is 9.53 Å². The lowest BCUT2D eigenvalue weighted by Gasteiger charge is -2.37. The van der Waals surface area contributed by atoms with Crippen LogP contribution in [-0.4, -0.2) is 43.2 Å². The van der Waals surface area contributed by atoms with Gasteiger partial charge in [0.05, 0.1) is 16.6 Å². The van der Waals surface area contributed by atoms with Gasteiger partial charge in [0, 0.05) is 42.9 Å². The molecule has 0 bridgehead atoms. The molecule has 3 aromatic rings. The van der Waals surface area contributed by atoms with Crippen molar-refractivity contribution in [2.24, 2.45) is 11.8 Å². The molecule has 7 heteroatoms. The Hall–Kier alpha value is -3.35. The second-order valence-corrected chi connectivity index (χ2v) is 9.28. The lowest BCUT2D eigenvalue weighted by Crippen LogP contribution is -2.39. The highest BCUT2D eigenvalue weighted by molar-refractivity contribution is 6.28. The summed E-state index contributed by atoms with van der Waals surface area (Å²) in [6.07, 6.45) is 1.54. The van der Waals surface area contributed by atoms with E-state index in [1.165, 1.54) is 6.42 Å². The van der Waals surface area contributed by atoms with Gasteiger partial charge < -0.3 is 19.5 Å². The highest BCUT2D eigenvalue weighted by Gasteiger charge is 2.34. The average molecular weight is 448 g/mol. The summed E-state index contributed by atoms with van der Waals surface area (Å²) in [6, 6.07) is 9.51. The van der Waals surface area contributed by atoms with E-state index in [1.54, 1.807) is 6.92 Å². The van der Waals surface area contributed by atoms with Crippen LogP contribution in [0, 0.1) is 11.8 Å². The fraction of sp³-hybridized carbons (Fsp3) is 0.423. The summed E-state index contributed by atoms with van der Waals surface area (Å²) in [5, 5.41) is 8.57. The fourth-order valence-corrected chi connectivity index (χ4v) is 5.24. The summed E-state index contributed by atoms with van der Waals surface area (Å²) in [4.78, 5) is 27.5. The molecule has 5 rings (SSSR count). The van der Waals surface area contributed by atoms with Crippen LogP contribution in [0.4, 0.5) is 11.4 Å². The van der Waals surface area contributed by atoms with Crippen molar-refractivity contribution in [2.75, 3.05) is 36.5 Å². The van der Waals surface area contributed by atoms with Crippen LogP contribution in [0.5, 0.6) is 0 Å². The maximum atomic E-state index is 13.6. The van der Waals surface area contributed by atoms with Gasteiger partial charge in [-0.3, -0.25) is 9.59 Å². The maximum absolute atomic E-state index is 13.6. The Morgan fingerprint density at radius 3 is 2.67 bits per heavy atom. The third-order valence-corrected chi connectivity index (χ3v) is 6.56. The molecule has 1 fully saturated rings. The number of hydrogen-bond donors (Lipinski definition) is 1. The Morgan fingerprint density at radius 1 is 1.21 bits per heavy atom. The summed E-state index contributed by atoms with van der Waals surface area (Å²) in [5.41, 5.74) is 4.38. The first kappa shape index (κ1) is 21.5. The number of carbonyl (C=O) groups is 2. The van der Waals surface area contributed by atoms with Crippen LogP contribution in [0.15, 0.2) is 34.9 Å². The first-order chi connectivity index (χ1) is 16.0. The van der Waals surface area contributed by atoms with Crippen molar-refractivity contribution in [3.63, 3.8) is 0 Å². The van der Waals surface area contributed by atoms with E-state index < -0.39 is 0 Å².